The van der Waals surface area contributed by atoms with Crippen molar-refractivity contribution in [1.29, 1.82) is 0 Å². The minimum Gasteiger partial charge on any atom is -0.507 e. The first-order valence-corrected chi connectivity index (χ1v) is 8.93. The second kappa shape index (κ2) is 8.09. The average Bonchev–Trinajstić information content (AvgIpc) is 2.66. The maximum Gasteiger partial charge on any atom is 0.276 e. The first-order valence-electron chi connectivity index (χ1n) is 8.14. The number of hydrogen-bond acceptors (Lipinski definition) is 4. The molecule has 3 N–H and O–H groups in total. The zero-order valence-electron chi connectivity index (χ0n) is 14.5. The number of carbonyl (C=O) groups is 2. The molecular weight excluding hydrogens is 412 g/mol. The smallest absolute Gasteiger partial charge is 0.276 e. The molecule has 0 radical (unpaired) electrons. The zero-order chi connectivity index (χ0) is 19.4. The molecule has 3 aromatic rings. The normalized spacial score (nSPS) is 10.4. The molecule has 0 aliphatic rings. The van der Waals surface area contributed by atoms with Gasteiger partial charge in [0.15, 0.2) is 6.61 Å². The van der Waals surface area contributed by atoms with Crippen molar-refractivity contribution in [2.45, 2.75) is 6.92 Å². The Labute approximate surface area is 164 Å². The number of halogens is 1. The van der Waals surface area contributed by atoms with Gasteiger partial charge < -0.3 is 9.84 Å². The fraction of sp³-hybridized carbons (Fsp3) is 0.100. The molecular formula is C20H17BrN2O4. The molecule has 2 amide bonds. The number of phenolic OH excluding ortho intramolecular Hbond substituents is 1. The number of rotatable bonds is 4. The largest absolute Gasteiger partial charge is 0.507 e. The molecule has 0 fully saturated rings. The Morgan fingerprint density at radius 2 is 1.74 bits per heavy atom. The highest BCUT2D eigenvalue weighted by molar-refractivity contribution is 9.10. The van der Waals surface area contributed by atoms with E-state index in [2.05, 4.69) is 26.8 Å². The summed E-state index contributed by atoms with van der Waals surface area (Å²) in [6.07, 6.45) is 0. The van der Waals surface area contributed by atoms with Gasteiger partial charge in [0.05, 0.1) is 5.56 Å². The van der Waals surface area contributed by atoms with Crippen LogP contribution < -0.4 is 15.6 Å². The molecule has 0 aliphatic heterocycles. The maximum absolute atomic E-state index is 12.2. The summed E-state index contributed by atoms with van der Waals surface area (Å²) in [5.41, 5.74) is 5.59. The summed E-state index contributed by atoms with van der Waals surface area (Å²) in [5.74, 6) is -0.762. The molecule has 6 nitrogen and oxygen atoms in total. The van der Waals surface area contributed by atoms with Crippen LogP contribution in [0.25, 0.3) is 10.8 Å². The molecule has 0 saturated heterocycles. The number of aryl methyl sites for hydroxylation is 1. The fourth-order valence-corrected chi connectivity index (χ4v) is 2.74. The molecule has 7 heteroatoms. The van der Waals surface area contributed by atoms with Gasteiger partial charge in [-0.15, -0.1) is 0 Å². The third-order valence-corrected chi connectivity index (χ3v) is 4.81. The van der Waals surface area contributed by atoms with Crippen molar-refractivity contribution in [3.8, 4) is 11.5 Å². The number of fused-ring (bicyclic) bond motifs is 1. The number of carbonyl (C=O) groups excluding carboxylic acids is 2. The molecule has 0 spiro atoms. The number of benzene rings is 3. The van der Waals surface area contributed by atoms with Crippen molar-refractivity contribution in [2.75, 3.05) is 6.61 Å². The Bertz CT molecular complexity index is 1020. The summed E-state index contributed by atoms with van der Waals surface area (Å²) in [7, 11) is 0. The Morgan fingerprint density at radius 1 is 1.04 bits per heavy atom. The number of hydrogen-bond donors (Lipinski definition) is 3. The van der Waals surface area contributed by atoms with Gasteiger partial charge in [0, 0.05) is 4.47 Å². The third-order valence-electron chi connectivity index (χ3n) is 3.92. The summed E-state index contributed by atoms with van der Waals surface area (Å²) in [6, 6.07) is 15.8. The lowest BCUT2D eigenvalue weighted by Crippen LogP contribution is -2.43. The van der Waals surface area contributed by atoms with E-state index in [1.807, 2.05) is 37.3 Å². The maximum atomic E-state index is 12.2. The minimum absolute atomic E-state index is 0.0680. The van der Waals surface area contributed by atoms with E-state index in [-0.39, 0.29) is 17.9 Å². The van der Waals surface area contributed by atoms with E-state index in [0.717, 1.165) is 20.8 Å². The Morgan fingerprint density at radius 3 is 2.44 bits per heavy atom. The Hall–Kier alpha value is -3.06. The monoisotopic (exact) mass is 428 g/mol. The van der Waals surface area contributed by atoms with Gasteiger partial charge >= 0.3 is 0 Å². The van der Waals surface area contributed by atoms with E-state index >= 15 is 0 Å². The van der Waals surface area contributed by atoms with E-state index in [1.165, 1.54) is 6.07 Å². The van der Waals surface area contributed by atoms with Gasteiger partial charge in [-0.3, -0.25) is 20.4 Å². The average molecular weight is 429 g/mol. The van der Waals surface area contributed by atoms with Crippen LogP contribution in [-0.4, -0.2) is 23.5 Å². The molecule has 0 bridgehead atoms. The van der Waals surface area contributed by atoms with Gasteiger partial charge in [0.2, 0.25) is 0 Å². The second-order valence-electron chi connectivity index (χ2n) is 5.92. The van der Waals surface area contributed by atoms with Crippen molar-refractivity contribution < 1.29 is 19.4 Å². The Kier molecular flexibility index (Phi) is 5.61. The first kappa shape index (κ1) is 18.7. The summed E-state index contributed by atoms with van der Waals surface area (Å²) >= 11 is 3.39. The molecule has 0 aliphatic carbocycles. The van der Waals surface area contributed by atoms with Crippen molar-refractivity contribution in [3.05, 3.63) is 70.2 Å². The van der Waals surface area contributed by atoms with Crippen LogP contribution in [0.3, 0.4) is 0 Å². The standard InChI is InChI=1S/C20H17BrN2O4/c1-12-8-15(6-7-17(12)21)27-11-19(25)22-23-20(26)16-9-13-4-2-3-5-14(13)10-18(16)24/h2-10,24H,11H2,1H3,(H,22,25)(H,23,26). The fourth-order valence-electron chi connectivity index (χ4n) is 2.50. The second-order valence-corrected chi connectivity index (χ2v) is 6.77. The summed E-state index contributed by atoms with van der Waals surface area (Å²) < 4.78 is 6.34. The molecule has 0 heterocycles. The topological polar surface area (TPSA) is 87.7 Å². The Balaban J connectivity index is 1.57. The zero-order valence-corrected chi connectivity index (χ0v) is 16.0. The van der Waals surface area contributed by atoms with Gasteiger partial charge in [0.1, 0.15) is 11.5 Å². The number of aromatic hydroxyl groups is 1. The predicted molar refractivity (Wildman–Crippen MR) is 106 cm³/mol. The number of nitrogens with one attached hydrogen (secondary N) is 2. The van der Waals surface area contributed by atoms with Crippen LogP contribution in [0.2, 0.25) is 0 Å². The summed E-state index contributed by atoms with van der Waals surface area (Å²) in [6.45, 7) is 1.65. The lowest BCUT2D eigenvalue weighted by Gasteiger charge is -2.11. The number of ether oxygens (including phenoxy) is 1. The number of amides is 2. The van der Waals surface area contributed by atoms with Crippen LogP contribution in [0.1, 0.15) is 15.9 Å². The summed E-state index contributed by atoms with van der Waals surface area (Å²) in [5, 5.41) is 11.7. The van der Waals surface area contributed by atoms with Crippen molar-refractivity contribution >= 4 is 38.5 Å². The third kappa shape index (κ3) is 4.57. The minimum atomic E-state index is -0.619. The van der Waals surface area contributed by atoms with Gasteiger partial charge in [-0.1, -0.05) is 40.2 Å². The highest BCUT2D eigenvalue weighted by Crippen LogP contribution is 2.25. The van der Waals surface area contributed by atoms with E-state index in [1.54, 1.807) is 18.2 Å². The van der Waals surface area contributed by atoms with Gasteiger partial charge in [-0.25, -0.2) is 0 Å². The number of hydrazine groups is 1. The molecule has 0 aromatic heterocycles. The predicted octanol–water partition coefficient (Wildman–Crippen LogP) is 3.46. The molecule has 3 aromatic carbocycles. The van der Waals surface area contributed by atoms with Crippen molar-refractivity contribution in [3.63, 3.8) is 0 Å². The van der Waals surface area contributed by atoms with Gasteiger partial charge in [0.25, 0.3) is 11.8 Å². The molecule has 0 unspecified atom stereocenters. The highest BCUT2D eigenvalue weighted by atomic mass is 79.9. The van der Waals surface area contributed by atoms with Gasteiger partial charge in [-0.2, -0.15) is 0 Å². The van der Waals surface area contributed by atoms with Crippen LogP contribution in [0.4, 0.5) is 0 Å². The van der Waals surface area contributed by atoms with Crippen LogP contribution in [0.5, 0.6) is 11.5 Å². The first-order chi connectivity index (χ1) is 12.9. The van der Waals surface area contributed by atoms with E-state index in [0.29, 0.717) is 5.75 Å². The highest BCUT2D eigenvalue weighted by Gasteiger charge is 2.13. The summed E-state index contributed by atoms with van der Waals surface area (Å²) in [4.78, 5) is 24.1. The number of phenols is 1. The van der Waals surface area contributed by atoms with Crippen LogP contribution in [0, 0.1) is 6.92 Å². The van der Waals surface area contributed by atoms with Crippen LogP contribution in [0.15, 0.2) is 59.1 Å². The van der Waals surface area contributed by atoms with Crippen molar-refractivity contribution in [1.82, 2.24) is 10.9 Å². The van der Waals surface area contributed by atoms with Crippen LogP contribution in [-0.2, 0) is 4.79 Å². The van der Waals surface area contributed by atoms with E-state index < -0.39 is 11.8 Å². The lowest BCUT2D eigenvalue weighted by molar-refractivity contribution is -0.123. The lowest BCUT2D eigenvalue weighted by atomic mass is 10.1. The quantitative estimate of drug-likeness (QED) is 0.555. The van der Waals surface area contributed by atoms with Crippen LogP contribution >= 0.6 is 15.9 Å². The van der Waals surface area contributed by atoms with E-state index in [9.17, 15) is 14.7 Å². The van der Waals surface area contributed by atoms with E-state index in [4.69, 9.17) is 4.74 Å². The van der Waals surface area contributed by atoms with Crippen molar-refractivity contribution in [2.24, 2.45) is 0 Å². The molecule has 138 valence electrons. The SMILES string of the molecule is Cc1cc(OCC(=O)NNC(=O)c2cc3ccccc3cc2O)ccc1Br. The molecule has 0 saturated carbocycles. The molecule has 3 rings (SSSR count). The molecule has 0 atom stereocenters. The van der Waals surface area contributed by atoms with Gasteiger partial charge in [-0.05, 0) is 53.6 Å². The molecule has 27 heavy (non-hydrogen) atoms.